The summed E-state index contributed by atoms with van der Waals surface area (Å²) in [4.78, 5) is 12.5. The number of amides is 1. The molecule has 2 aliphatic rings. The lowest BCUT2D eigenvalue weighted by Crippen LogP contribution is -2.49. The van der Waals surface area contributed by atoms with Crippen LogP contribution in [0.1, 0.15) is 37.7 Å². The van der Waals surface area contributed by atoms with Gasteiger partial charge in [0.1, 0.15) is 0 Å². The molecular weight excluding hydrogens is 354 g/mol. The number of rotatable bonds is 7. The zero-order chi connectivity index (χ0) is 19.4. The monoisotopic (exact) mass is 382 g/mol. The molecule has 0 spiro atoms. The van der Waals surface area contributed by atoms with Crippen LogP contribution in [0.2, 0.25) is 0 Å². The maximum absolute atomic E-state index is 12.5. The molecule has 0 saturated heterocycles. The lowest BCUT2D eigenvalue weighted by Gasteiger charge is -2.43. The number of hydrogen-bond acceptors (Lipinski definition) is 4. The summed E-state index contributed by atoms with van der Waals surface area (Å²) in [5.41, 5.74) is 7.09. The zero-order valence-electron chi connectivity index (χ0n) is 15.6. The van der Waals surface area contributed by atoms with E-state index in [1.807, 2.05) is 0 Å². The predicted molar refractivity (Wildman–Crippen MR) is 97.9 cm³/mol. The first-order valence-corrected chi connectivity index (χ1v) is 9.63. The zero-order valence-corrected chi connectivity index (χ0v) is 15.6. The van der Waals surface area contributed by atoms with Gasteiger partial charge in [0, 0.05) is 18.5 Å². The van der Waals surface area contributed by atoms with Crippen LogP contribution >= 0.6 is 0 Å². The molecule has 1 aromatic rings. The Morgan fingerprint density at radius 2 is 1.96 bits per heavy atom. The van der Waals surface area contributed by atoms with Crippen LogP contribution < -0.4 is 20.5 Å². The van der Waals surface area contributed by atoms with E-state index >= 15 is 0 Å². The van der Waals surface area contributed by atoms with Gasteiger partial charge in [-0.25, -0.2) is 0 Å². The molecule has 2 unspecified atom stereocenters. The third kappa shape index (κ3) is 4.89. The van der Waals surface area contributed by atoms with Gasteiger partial charge in [-0.05, 0) is 61.6 Å². The molecule has 3 N–H and O–H groups in total. The summed E-state index contributed by atoms with van der Waals surface area (Å²) in [6.07, 6.45) is 5.75. The van der Waals surface area contributed by atoms with Crippen molar-refractivity contribution in [2.24, 2.45) is 23.5 Å². The van der Waals surface area contributed by atoms with Gasteiger partial charge in [-0.2, -0.15) is 8.78 Å². The highest BCUT2D eigenvalue weighted by molar-refractivity contribution is 5.78. The Morgan fingerprint density at radius 3 is 2.59 bits per heavy atom. The third-order valence-corrected chi connectivity index (χ3v) is 5.94. The van der Waals surface area contributed by atoms with Gasteiger partial charge in [0.25, 0.3) is 0 Å². The number of nitrogens with two attached hydrogens (primary N) is 1. The fraction of sp³-hybridized carbons (Fsp3) is 0.650. The van der Waals surface area contributed by atoms with E-state index in [0.29, 0.717) is 24.8 Å². The SMILES string of the molecule is COc1ccc(CCNC(=O)C2CC3CCCC(C2)C3N)cc1OC(F)F. The average molecular weight is 382 g/mol. The van der Waals surface area contributed by atoms with Crippen molar-refractivity contribution >= 4 is 5.91 Å². The molecule has 2 atom stereocenters. The van der Waals surface area contributed by atoms with Gasteiger partial charge < -0.3 is 20.5 Å². The normalized spacial score (nSPS) is 27.3. The maximum atomic E-state index is 12.5. The van der Waals surface area contributed by atoms with Crippen LogP contribution in [0.15, 0.2) is 18.2 Å². The van der Waals surface area contributed by atoms with Gasteiger partial charge in [0.2, 0.25) is 5.91 Å². The van der Waals surface area contributed by atoms with Crippen molar-refractivity contribution in [1.29, 1.82) is 0 Å². The van der Waals surface area contributed by atoms with Gasteiger partial charge in [-0.15, -0.1) is 0 Å². The number of methoxy groups -OCH3 is 1. The standard InChI is InChI=1S/C20H28F2N2O3/c1-26-16-6-5-12(9-17(16)27-20(21)22)7-8-24-19(25)15-10-13-3-2-4-14(11-15)18(13)23/h5-6,9,13-15,18,20H,2-4,7-8,10-11,23H2,1H3,(H,24,25). The highest BCUT2D eigenvalue weighted by atomic mass is 19.3. The third-order valence-electron chi connectivity index (χ3n) is 5.94. The molecule has 150 valence electrons. The van der Waals surface area contributed by atoms with Crippen LogP contribution in [0, 0.1) is 17.8 Å². The van der Waals surface area contributed by atoms with Gasteiger partial charge in [0.05, 0.1) is 7.11 Å². The molecule has 2 bridgehead atoms. The Balaban J connectivity index is 1.51. The molecule has 2 fully saturated rings. The molecule has 1 aromatic carbocycles. The Labute approximate surface area is 158 Å². The van der Waals surface area contributed by atoms with Crippen LogP contribution in [0.3, 0.4) is 0 Å². The largest absolute Gasteiger partial charge is 0.493 e. The predicted octanol–water partition coefficient (Wildman–Crippen LogP) is 3.11. The second-order valence-corrected chi connectivity index (χ2v) is 7.60. The highest BCUT2D eigenvalue weighted by Crippen LogP contribution is 2.41. The van der Waals surface area contributed by atoms with Crippen molar-refractivity contribution in [3.8, 4) is 11.5 Å². The Bertz CT molecular complexity index is 642. The van der Waals surface area contributed by atoms with Crippen LogP contribution in [-0.2, 0) is 11.2 Å². The average Bonchev–Trinajstić information content (AvgIpc) is 2.61. The first kappa shape index (κ1) is 19.9. The molecule has 0 heterocycles. The van der Waals surface area contributed by atoms with Crippen LogP contribution in [0.25, 0.3) is 0 Å². The van der Waals surface area contributed by atoms with E-state index in [-0.39, 0.29) is 29.4 Å². The van der Waals surface area contributed by atoms with Crippen LogP contribution in [-0.4, -0.2) is 32.2 Å². The number of ether oxygens (including phenoxy) is 2. The number of fused-ring (bicyclic) bond motifs is 2. The van der Waals surface area contributed by atoms with Crippen molar-refractivity contribution in [3.05, 3.63) is 23.8 Å². The van der Waals surface area contributed by atoms with E-state index < -0.39 is 6.61 Å². The lowest BCUT2D eigenvalue weighted by atomic mass is 9.65. The summed E-state index contributed by atoms with van der Waals surface area (Å²) in [5, 5.41) is 2.99. The minimum Gasteiger partial charge on any atom is -0.493 e. The molecule has 0 aromatic heterocycles. The molecule has 7 heteroatoms. The fourth-order valence-corrected chi connectivity index (χ4v) is 4.54. The summed E-state index contributed by atoms with van der Waals surface area (Å²) >= 11 is 0. The van der Waals surface area contributed by atoms with Crippen molar-refractivity contribution in [3.63, 3.8) is 0 Å². The van der Waals surface area contributed by atoms with Crippen molar-refractivity contribution in [2.75, 3.05) is 13.7 Å². The number of hydrogen-bond donors (Lipinski definition) is 2. The number of carbonyl (C=O) groups is 1. The minimum absolute atomic E-state index is 0.00502. The van der Waals surface area contributed by atoms with Gasteiger partial charge in [0.15, 0.2) is 11.5 Å². The second-order valence-electron chi connectivity index (χ2n) is 7.60. The number of nitrogens with one attached hydrogen (secondary N) is 1. The number of alkyl halides is 2. The Morgan fingerprint density at radius 1 is 1.26 bits per heavy atom. The summed E-state index contributed by atoms with van der Waals surface area (Å²) in [6.45, 7) is -2.46. The van der Waals surface area contributed by atoms with E-state index in [4.69, 9.17) is 10.5 Å². The maximum Gasteiger partial charge on any atom is 0.387 e. The van der Waals surface area contributed by atoms with E-state index in [9.17, 15) is 13.6 Å². The molecule has 2 saturated carbocycles. The van der Waals surface area contributed by atoms with E-state index in [2.05, 4.69) is 10.1 Å². The fourth-order valence-electron chi connectivity index (χ4n) is 4.54. The van der Waals surface area contributed by atoms with Crippen LogP contribution in [0.5, 0.6) is 11.5 Å². The minimum atomic E-state index is -2.91. The Hall–Kier alpha value is -1.89. The summed E-state index contributed by atoms with van der Waals surface area (Å²) < 4.78 is 34.6. The number of carbonyl (C=O) groups excluding carboxylic acids is 1. The smallest absolute Gasteiger partial charge is 0.387 e. The van der Waals surface area contributed by atoms with Crippen molar-refractivity contribution in [1.82, 2.24) is 5.32 Å². The van der Waals surface area contributed by atoms with Crippen molar-refractivity contribution in [2.45, 2.75) is 51.2 Å². The van der Waals surface area contributed by atoms with Crippen molar-refractivity contribution < 1.29 is 23.0 Å². The highest BCUT2D eigenvalue weighted by Gasteiger charge is 2.40. The molecule has 5 nitrogen and oxygen atoms in total. The summed E-state index contributed by atoms with van der Waals surface area (Å²) in [5.74, 6) is 1.30. The first-order valence-electron chi connectivity index (χ1n) is 9.63. The van der Waals surface area contributed by atoms with Gasteiger partial charge in [-0.3, -0.25) is 4.79 Å². The Kier molecular flexibility index (Phi) is 6.52. The molecule has 0 radical (unpaired) electrons. The van der Waals surface area contributed by atoms with Crippen LogP contribution in [0.4, 0.5) is 8.78 Å². The van der Waals surface area contributed by atoms with E-state index in [1.165, 1.54) is 19.6 Å². The molecule has 2 aliphatic carbocycles. The molecule has 27 heavy (non-hydrogen) atoms. The number of benzene rings is 1. The quantitative estimate of drug-likeness (QED) is 0.760. The topological polar surface area (TPSA) is 73.6 Å². The first-order chi connectivity index (χ1) is 13.0. The van der Waals surface area contributed by atoms with Gasteiger partial charge >= 0.3 is 6.61 Å². The molecule has 0 aliphatic heterocycles. The van der Waals surface area contributed by atoms with E-state index in [1.54, 1.807) is 12.1 Å². The summed E-state index contributed by atoms with van der Waals surface area (Å²) in [6, 6.07) is 5.16. The summed E-state index contributed by atoms with van der Waals surface area (Å²) in [7, 11) is 1.40. The second kappa shape index (κ2) is 8.87. The van der Waals surface area contributed by atoms with Gasteiger partial charge in [-0.1, -0.05) is 12.5 Å². The number of halogens is 2. The lowest BCUT2D eigenvalue weighted by molar-refractivity contribution is -0.127. The van der Waals surface area contributed by atoms with E-state index in [0.717, 1.165) is 31.2 Å². The molecular formula is C20H28F2N2O3. The molecule has 1 amide bonds. The molecule has 3 rings (SSSR count).